The minimum atomic E-state index is -0.165. The lowest BCUT2D eigenvalue weighted by molar-refractivity contribution is -0.132. The molecule has 5 nitrogen and oxygen atoms in total. The molecule has 0 fully saturated rings. The molecule has 1 aromatic heterocycles. The standard InChI is InChI=1S/C20H23N3O2/c1-4-22(13-16-10-6-5-9-15(16)2)19(24)14-23-18-12-8-7-11-17(18)21(3)20(23)25/h5-12H,4,13-14H2,1-3H3. The molecule has 130 valence electrons. The molecule has 0 bridgehead atoms. The summed E-state index contributed by atoms with van der Waals surface area (Å²) >= 11 is 0. The van der Waals surface area contributed by atoms with Crippen LogP contribution in [0, 0.1) is 6.92 Å². The molecule has 1 amide bonds. The maximum atomic E-state index is 12.8. The quantitative estimate of drug-likeness (QED) is 0.719. The second-order valence-electron chi connectivity index (χ2n) is 6.25. The van der Waals surface area contributed by atoms with Gasteiger partial charge in [0, 0.05) is 20.1 Å². The maximum absolute atomic E-state index is 12.8. The van der Waals surface area contributed by atoms with Crippen LogP contribution >= 0.6 is 0 Å². The highest BCUT2D eigenvalue weighted by molar-refractivity contribution is 5.81. The van der Waals surface area contributed by atoms with Crippen molar-refractivity contribution in [1.82, 2.24) is 14.0 Å². The fraction of sp³-hybridized carbons (Fsp3) is 0.300. The summed E-state index contributed by atoms with van der Waals surface area (Å²) in [5.74, 6) is -0.0517. The Hall–Kier alpha value is -2.82. The van der Waals surface area contributed by atoms with Crippen LogP contribution in [0.3, 0.4) is 0 Å². The van der Waals surface area contributed by atoms with Crippen LogP contribution in [0.4, 0.5) is 0 Å². The van der Waals surface area contributed by atoms with Gasteiger partial charge < -0.3 is 4.90 Å². The summed E-state index contributed by atoms with van der Waals surface area (Å²) in [6.07, 6.45) is 0. The highest BCUT2D eigenvalue weighted by Crippen LogP contribution is 2.14. The Kier molecular flexibility index (Phi) is 4.74. The van der Waals surface area contributed by atoms with Crippen molar-refractivity contribution >= 4 is 16.9 Å². The van der Waals surface area contributed by atoms with Crippen LogP contribution in [0.5, 0.6) is 0 Å². The molecule has 0 aliphatic rings. The Morgan fingerprint density at radius 1 is 1.04 bits per heavy atom. The van der Waals surface area contributed by atoms with Crippen molar-refractivity contribution in [1.29, 1.82) is 0 Å². The van der Waals surface area contributed by atoms with Crippen LogP contribution < -0.4 is 5.69 Å². The van der Waals surface area contributed by atoms with Crippen molar-refractivity contribution in [3.63, 3.8) is 0 Å². The lowest BCUT2D eigenvalue weighted by atomic mass is 10.1. The molecule has 5 heteroatoms. The number of aryl methyl sites for hydroxylation is 2. The number of amides is 1. The van der Waals surface area contributed by atoms with Gasteiger partial charge in [0.15, 0.2) is 0 Å². The highest BCUT2D eigenvalue weighted by atomic mass is 16.2. The molecule has 0 atom stereocenters. The first-order valence-electron chi connectivity index (χ1n) is 8.49. The molecule has 0 N–H and O–H groups in total. The minimum absolute atomic E-state index is 0.0517. The number of likely N-dealkylation sites (N-methyl/N-ethyl adjacent to an activating group) is 1. The summed E-state index contributed by atoms with van der Waals surface area (Å²) < 4.78 is 3.14. The maximum Gasteiger partial charge on any atom is 0.329 e. The van der Waals surface area contributed by atoms with E-state index in [0.717, 1.165) is 22.2 Å². The molecule has 2 aromatic carbocycles. The zero-order valence-corrected chi connectivity index (χ0v) is 14.9. The molecule has 0 saturated heterocycles. The number of imidazole rings is 1. The largest absolute Gasteiger partial charge is 0.337 e. The van der Waals surface area contributed by atoms with E-state index in [0.29, 0.717) is 13.1 Å². The average Bonchev–Trinajstić information content (AvgIpc) is 2.86. The fourth-order valence-electron chi connectivity index (χ4n) is 3.12. The topological polar surface area (TPSA) is 47.2 Å². The Labute approximate surface area is 147 Å². The minimum Gasteiger partial charge on any atom is -0.337 e. The number of hydrogen-bond acceptors (Lipinski definition) is 2. The van der Waals surface area contributed by atoms with Gasteiger partial charge in [0.1, 0.15) is 6.54 Å². The zero-order chi connectivity index (χ0) is 18.0. The first-order valence-corrected chi connectivity index (χ1v) is 8.49. The molecule has 1 heterocycles. The first-order chi connectivity index (χ1) is 12.0. The predicted octanol–water partition coefficient (Wildman–Crippen LogP) is 2.70. The van der Waals surface area contributed by atoms with Gasteiger partial charge in [0.25, 0.3) is 0 Å². The van der Waals surface area contributed by atoms with Crippen LogP contribution in [0.15, 0.2) is 53.3 Å². The second kappa shape index (κ2) is 6.97. The summed E-state index contributed by atoms with van der Waals surface area (Å²) in [4.78, 5) is 27.1. The Morgan fingerprint density at radius 3 is 2.36 bits per heavy atom. The smallest absolute Gasteiger partial charge is 0.329 e. The van der Waals surface area contributed by atoms with Gasteiger partial charge >= 0.3 is 5.69 Å². The Balaban J connectivity index is 1.87. The molecule has 0 radical (unpaired) electrons. The molecule has 3 rings (SSSR count). The lowest BCUT2D eigenvalue weighted by Gasteiger charge is -2.22. The van der Waals surface area contributed by atoms with Gasteiger partial charge in [-0.15, -0.1) is 0 Å². The van der Waals surface area contributed by atoms with Gasteiger partial charge in [-0.25, -0.2) is 4.79 Å². The van der Waals surface area contributed by atoms with E-state index in [1.54, 1.807) is 21.1 Å². The molecule has 0 aliphatic carbocycles. The normalized spacial score (nSPS) is 11.0. The van der Waals surface area contributed by atoms with Crippen molar-refractivity contribution in [2.45, 2.75) is 26.9 Å². The van der Waals surface area contributed by atoms with Crippen LogP contribution in [-0.4, -0.2) is 26.5 Å². The van der Waals surface area contributed by atoms with Gasteiger partial charge in [-0.3, -0.25) is 13.9 Å². The molecular weight excluding hydrogens is 314 g/mol. The lowest BCUT2D eigenvalue weighted by Crippen LogP contribution is -2.36. The van der Waals surface area contributed by atoms with E-state index in [9.17, 15) is 9.59 Å². The average molecular weight is 337 g/mol. The number of aromatic nitrogens is 2. The number of carbonyl (C=O) groups excluding carboxylic acids is 1. The van der Waals surface area contributed by atoms with Crippen LogP contribution in [0.2, 0.25) is 0 Å². The van der Waals surface area contributed by atoms with Gasteiger partial charge in [0.2, 0.25) is 5.91 Å². The third kappa shape index (κ3) is 3.22. The number of nitrogens with zero attached hydrogens (tertiary/aromatic N) is 3. The fourth-order valence-corrected chi connectivity index (χ4v) is 3.12. The number of rotatable bonds is 5. The zero-order valence-electron chi connectivity index (χ0n) is 14.9. The van der Waals surface area contributed by atoms with Crippen molar-refractivity contribution in [3.05, 3.63) is 70.1 Å². The second-order valence-corrected chi connectivity index (χ2v) is 6.25. The van der Waals surface area contributed by atoms with E-state index in [-0.39, 0.29) is 18.1 Å². The van der Waals surface area contributed by atoms with Crippen molar-refractivity contribution in [3.8, 4) is 0 Å². The van der Waals surface area contributed by atoms with E-state index in [2.05, 4.69) is 0 Å². The Morgan fingerprint density at radius 2 is 1.68 bits per heavy atom. The number of benzene rings is 2. The predicted molar refractivity (Wildman–Crippen MR) is 99.4 cm³/mol. The molecule has 3 aromatic rings. The molecule has 0 spiro atoms. The summed E-state index contributed by atoms with van der Waals surface area (Å²) in [6.45, 7) is 5.22. The van der Waals surface area contributed by atoms with Crippen molar-refractivity contribution in [2.75, 3.05) is 6.54 Å². The van der Waals surface area contributed by atoms with E-state index >= 15 is 0 Å². The summed E-state index contributed by atoms with van der Waals surface area (Å²) in [5, 5.41) is 0. The van der Waals surface area contributed by atoms with Crippen molar-refractivity contribution in [2.24, 2.45) is 7.05 Å². The molecule has 25 heavy (non-hydrogen) atoms. The summed E-state index contributed by atoms with van der Waals surface area (Å²) in [7, 11) is 1.73. The molecule has 0 unspecified atom stereocenters. The highest BCUT2D eigenvalue weighted by Gasteiger charge is 2.18. The van der Waals surface area contributed by atoms with Crippen LogP contribution in [-0.2, 0) is 24.9 Å². The number of para-hydroxylation sites is 2. The van der Waals surface area contributed by atoms with E-state index < -0.39 is 0 Å². The first kappa shape index (κ1) is 17.0. The SMILES string of the molecule is CCN(Cc1ccccc1C)C(=O)Cn1c(=O)n(C)c2ccccc21. The summed E-state index contributed by atoms with van der Waals surface area (Å²) in [5.41, 5.74) is 3.75. The number of hydrogen-bond donors (Lipinski definition) is 0. The summed E-state index contributed by atoms with van der Waals surface area (Å²) in [6, 6.07) is 15.6. The van der Waals surface area contributed by atoms with Crippen LogP contribution in [0.1, 0.15) is 18.1 Å². The van der Waals surface area contributed by atoms with Gasteiger partial charge in [-0.2, -0.15) is 0 Å². The van der Waals surface area contributed by atoms with E-state index in [1.165, 1.54) is 0 Å². The third-order valence-electron chi connectivity index (χ3n) is 4.70. The van der Waals surface area contributed by atoms with Gasteiger partial charge in [0.05, 0.1) is 11.0 Å². The molecule has 0 saturated carbocycles. The van der Waals surface area contributed by atoms with Crippen molar-refractivity contribution < 1.29 is 4.79 Å². The van der Waals surface area contributed by atoms with Gasteiger partial charge in [-0.05, 0) is 37.1 Å². The van der Waals surface area contributed by atoms with E-state index in [1.807, 2.05) is 62.4 Å². The molecule has 0 aliphatic heterocycles. The third-order valence-corrected chi connectivity index (χ3v) is 4.70. The number of carbonyl (C=O) groups is 1. The van der Waals surface area contributed by atoms with Gasteiger partial charge in [-0.1, -0.05) is 36.4 Å². The number of fused-ring (bicyclic) bond motifs is 1. The molecular formula is C20H23N3O2. The Bertz CT molecular complexity index is 968. The van der Waals surface area contributed by atoms with Crippen LogP contribution in [0.25, 0.3) is 11.0 Å². The monoisotopic (exact) mass is 337 g/mol. The van der Waals surface area contributed by atoms with E-state index in [4.69, 9.17) is 0 Å².